The molecule has 0 saturated heterocycles. The molecule has 0 amide bonds. The maximum atomic E-state index is 12.1. The number of aliphatic imine (C=N–C) groups is 1. The van der Waals surface area contributed by atoms with Crippen LogP contribution in [0.5, 0.6) is 0 Å². The lowest BCUT2D eigenvalue weighted by atomic mass is 10.3. The molecule has 0 bridgehead atoms. The smallest absolute Gasteiger partial charge is 0.241 e. The van der Waals surface area contributed by atoms with Gasteiger partial charge in [0.1, 0.15) is 6.61 Å². The molecule has 1 aromatic rings. The third kappa shape index (κ3) is 3.33. The molecular formula is C13H18N2O3S. The Balaban J connectivity index is 2.09. The number of nitrogens with one attached hydrogen (secondary N) is 1. The summed E-state index contributed by atoms with van der Waals surface area (Å²) >= 11 is 0. The van der Waals surface area contributed by atoms with Crippen LogP contribution in [0.25, 0.3) is 0 Å². The summed E-state index contributed by atoms with van der Waals surface area (Å²) in [5, 5.41) is 0. The maximum absolute atomic E-state index is 12.1. The number of ether oxygens (including phenoxy) is 1. The van der Waals surface area contributed by atoms with Crippen LogP contribution < -0.4 is 4.72 Å². The molecule has 0 radical (unpaired) electrons. The fourth-order valence-electron chi connectivity index (χ4n) is 1.83. The van der Waals surface area contributed by atoms with Crippen LogP contribution in [0.1, 0.15) is 20.3 Å². The van der Waals surface area contributed by atoms with E-state index in [2.05, 4.69) is 9.71 Å². The zero-order chi connectivity index (χ0) is 13.9. The Bertz CT molecular complexity index is 555. The summed E-state index contributed by atoms with van der Waals surface area (Å²) in [5.41, 5.74) is 0. The third-order valence-corrected chi connectivity index (χ3v) is 4.52. The molecule has 0 saturated carbocycles. The molecule has 1 aromatic carbocycles. The van der Waals surface area contributed by atoms with Gasteiger partial charge in [-0.05, 0) is 25.5 Å². The van der Waals surface area contributed by atoms with Gasteiger partial charge in [0.25, 0.3) is 0 Å². The molecule has 1 heterocycles. The van der Waals surface area contributed by atoms with E-state index in [0.29, 0.717) is 12.5 Å². The second-order valence-electron chi connectivity index (χ2n) is 4.50. The number of sulfonamides is 1. The summed E-state index contributed by atoms with van der Waals surface area (Å²) in [6, 6.07) is 7.95. The molecule has 1 N–H and O–H groups in total. The topological polar surface area (TPSA) is 67.8 Å². The molecule has 0 aliphatic carbocycles. The molecule has 2 atom stereocenters. The van der Waals surface area contributed by atoms with E-state index < -0.39 is 16.1 Å². The van der Waals surface area contributed by atoms with Crippen molar-refractivity contribution < 1.29 is 13.2 Å². The molecule has 6 heteroatoms. The van der Waals surface area contributed by atoms with E-state index in [1.54, 1.807) is 37.3 Å². The zero-order valence-electron chi connectivity index (χ0n) is 11.0. The highest BCUT2D eigenvalue weighted by Gasteiger charge is 2.26. The molecule has 1 aliphatic rings. The van der Waals surface area contributed by atoms with Crippen LogP contribution in [0.2, 0.25) is 0 Å². The van der Waals surface area contributed by atoms with Crippen LogP contribution >= 0.6 is 0 Å². The van der Waals surface area contributed by atoms with Gasteiger partial charge in [-0.1, -0.05) is 25.1 Å². The van der Waals surface area contributed by atoms with Gasteiger partial charge >= 0.3 is 0 Å². The molecule has 104 valence electrons. The molecule has 0 aromatic heterocycles. The molecule has 5 nitrogen and oxygen atoms in total. The summed E-state index contributed by atoms with van der Waals surface area (Å²) in [5.74, 6) is 0.464. The summed E-state index contributed by atoms with van der Waals surface area (Å²) in [6.07, 6.45) is 0.891. The molecule has 0 spiro atoms. The highest BCUT2D eigenvalue weighted by Crippen LogP contribution is 2.13. The zero-order valence-corrected chi connectivity index (χ0v) is 11.9. The van der Waals surface area contributed by atoms with Crippen LogP contribution in [-0.2, 0) is 14.8 Å². The van der Waals surface area contributed by atoms with Crippen molar-refractivity contribution in [2.24, 2.45) is 4.99 Å². The maximum Gasteiger partial charge on any atom is 0.241 e. The van der Waals surface area contributed by atoms with E-state index in [4.69, 9.17) is 4.74 Å². The van der Waals surface area contributed by atoms with Gasteiger partial charge in [0.15, 0.2) is 0 Å². The first-order chi connectivity index (χ1) is 9.03. The molecular weight excluding hydrogens is 264 g/mol. The molecule has 2 rings (SSSR count). The van der Waals surface area contributed by atoms with E-state index >= 15 is 0 Å². The molecule has 19 heavy (non-hydrogen) atoms. The Morgan fingerprint density at radius 3 is 2.68 bits per heavy atom. The Kier molecular flexibility index (Phi) is 4.21. The Morgan fingerprint density at radius 1 is 1.42 bits per heavy atom. The van der Waals surface area contributed by atoms with E-state index in [-0.39, 0.29) is 10.9 Å². The lowest BCUT2D eigenvalue weighted by Gasteiger charge is -2.13. The Hall–Kier alpha value is -1.40. The van der Waals surface area contributed by atoms with Crippen molar-refractivity contribution in [1.82, 2.24) is 4.72 Å². The molecule has 1 aliphatic heterocycles. The van der Waals surface area contributed by atoms with Crippen molar-refractivity contribution in [1.29, 1.82) is 0 Å². The average molecular weight is 282 g/mol. The first kappa shape index (κ1) is 14.0. The van der Waals surface area contributed by atoms with Crippen molar-refractivity contribution >= 4 is 15.9 Å². The lowest BCUT2D eigenvalue weighted by Crippen LogP contribution is -2.38. The summed E-state index contributed by atoms with van der Waals surface area (Å²) in [6.45, 7) is 4.29. The van der Waals surface area contributed by atoms with Crippen molar-refractivity contribution in [3.63, 3.8) is 0 Å². The van der Waals surface area contributed by atoms with Gasteiger partial charge in [0.05, 0.1) is 17.0 Å². The number of benzene rings is 1. The van der Waals surface area contributed by atoms with E-state index in [0.717, 1.165) is 6.42 Å². The van der Waals surface area contributed by atoms with E-state index in [9.17, 15) is 8.42 Å². The normalized spacial score (nSPS) is 20.7. The van der Waals surface area contributed by atoms with Crippen molar-refractivity contribution in [2.45, 2.75) is 37.2 Å². The minimum Gasteiger partial charge on any atom is -0.478 e. The van der Waals surface area contributed by atoms with Crippen molar-refractivity contribution in [3.8, 4) is 0 Å². The SMILES string of the molecule is CC[C@@H]1COC([C@@H](C)NS(=O)(=O)c2ccccc2)=N1. The predicted octanol–water partition coefficient (Wildman–Crippen LogP) is 1.56. The summed E-state index contributed by atoms with van der Waals surface area (Å²) < 4.78 is 32.3. The number of rotatable bonds is 5. The third-order valence-electron chi connectivity index (χ3n) is 2.96. The Labute approximate surface area is 113 Å². The second-order valence-corrected chi connectivity index (χ2v) is 6.21. The highest BCUT2D eigenvalue weighted by molar-refractivity contribution is 7.89. The quantitative estimate of drug-likeness (QED) is 0.891. The fraction of sp³-hybridized carbons (Fsp3) is 0.462. The first-order valence-corrected chi connectivity index (χ1v) is 7.79. The number of nitrogens with zero attached hydrogens (tertiary/aromatic N) is 1. The fourth-order valence-corrected chi connectivity index (χ4v) is 3.05. The second kappa shape index (κ2) is 5.71. The highest BCUT2D eigenvalue weighted by atomic mass is 32.2. The van der Waals surface area contributed by atoms with Gasteiger partial charge in [-0.2, -0.15) is 4.72 Å². The molecule has 0 unspecified atom stereocenters. The minimum atomic E-state index is -3.53. The van der Waals surface area contributed by atoms with Gasteiger partial charge in [-0.25, -0.2) is 13.4 Å². The Morgan fingerprint density at radius 2 is 2.11 bits per heavy atom. The minimum absolute atomic E-state index is 0.138. The van der Waals surface area contributed by atoms with Crippen LogP contribution in [-0.4, -0.2) is 33.0 Å². The van der Waals surface area contributed by atoms with Gasteiger partial charge in [-0.15, -0.1) is 0 Å². The monoisotopic (exact) mass is 282 g/mol. The van der Waals surface area contributed by atoms with Crippen LogP contribution in [0.3, 0.4) is 0 Å². The van der Waals surface area contributed by atoms with E-state index in [1.807, 2.05) is 6.92 Å². The predicted molar refractivity (Wildman–Crippen MR) is 73.7 cm³/mol. The standard InChI is InChI=1S/C13H18N2O3S/c1-3-11-9-18-13(14-11)10(2)15-19(16,17)12-7-5-4-6-8-12/h4-8,10-11,15H,3,9H2,1-2H3/t10-,11-/m1/s1. The van der Waals surface area contributed by atoms with Crippen molar-refractivity contribution in [3.05, 3.63) is 30.3 Å². The summed E-state index contributed by atoms with van der Waals surface area (Å²) in [4.78, 5) is 4.59. The van der Waals surface area contributed by atoms with Gasteiger partial charge < -0.3 is 4.74 Å². The molecule has 0 fully saturated rings. The van der Waals surface area contributed by atoms with Gasteiger partial charge in [0.2, 0.25) is 15.9 Å². The van der Waals surface area contributed by atoms with Crippen LogP contribution in [0, 0.1) is 0 Å². The average Bonchev–Trinajstić information content (AvgIpc) is 2.88. The number of hydrogen-bond donors (Lipinski definition) is 1. The van der Waals surface area contributed by atoms with Gasteiger partial charge in [-0.3, -0.25) is 0 Å². The number of hydrogen-bond acceptors (Lipinski definition) is 4. The first-order valence-electron chi connectivity index (χ1n) is 6.31. The van der Waals surface area contributed by atoms with E-state index in [1.165, 1.54) is 0 Å². The van der Waals surface area contributed by atoms with Crippen molar-refractivity contribution in [2.75, 3.05) is 6.61 Å². The van der Waals surface area contributed by atoms with Crippen LogP contribution in [0.15, 0.2) is 40.2 Å². The summed E-state index contributed by atoms with van der Waals surface area (Å²) in [7, 11) is -3.53. The van der Waals surface area contributed by atoms with Gasteiger partial charge in [0, 0.05) is 0 Å². The van der Waals surface area contributed by atoms with Crippen LogP contribution in [0.4, 0.5) is 0 Å². The largest absolute Gasteiger partial charge is 0.478 e. The lowest BCUT2D eigenvalue weighted by molar-refractivity contribution is 0.303.